The van der Waals surface area contributed by atoms with Crippen LogP contribution in [0.5, 0.6) is 0 Å². The van der Waals surface area contributed by atoms with Crippen molar-refractivity contribution in [3.05, 3.63) is 0 Å². The molecule has 1 saturated heterocycles. The predicted octanol–water partition coefficient (Wildman–Crippen LogP) is 1.38. The highest BCUT2D eigenvalue weighted by atomic mass is 35.5. The number of nitrogens with one attached hydrogen (secondary N) is 2. The maximum Gasteiger partial charge on any atom is 0.238 e. The van der Waals surface area contributed by atoms with Gasteiger partial charge in [-0.2, -0.15) is 0 Å². The third-order valence-electron chi connectivity index (χ3n) is 2.94. The fourth-order valence-corrected chi connectivity index (χ4v) is 2.90. The number of hydrogen-bond acceptors (Lipinski definition) is 3. The summed E-state index contributed by atoms with van der Waals surface area (Å²) in [6.07, 6.45) is 3.69. The van der Waals surface area contributed by atoms with Gasteiger partial charge < -0.3 is 5.32 Å². The molecule has 1 aliphatic carbocycles. The van der Waals surface area contributed by atoms with Crippen molar-refractivity contribution < 1.29 is 4.79 Å². The van der Waals surface area contributed by atoms with Gasteiger partial charge in [-0.15, -0.1) is 24.2 Å². The number of halogens is 1. The van der Waals surface area contributed by atoms with Crippen LogP contribution in [0.4, 0.5) is 0 Å². The first-order valence-corrected chi connectivity index (χ1v) is 6.58. The Morgan fingerprint density at radius 1 is 1.60 bits per heavy atom. The smallest absolute Gasteiger partial charge is 0.238 e. The quantitative estimate of drug-likeness (QED) is 0.792. The maximum atomic E-state index is 11.7. The van der Waals surface area contributed by atoms with Gasteiger partial charge in [-0.25, -0.2) is 0 Å². The average Bonchev–Trinajstić information content (AvgIpc) is 2.71. The van der Waals surface area contributed by atoms with Crippen LogP contribution in [0, 0.1) is 5.92 Å². The van der Waals surface area contributed by atoms with Crippen molar-refractivity contribution in [3.63, 3.8) is 0 Å². The van der Waals surface area contributed by atoms with E-state index >= 15 is 0 Å². The van der Waals surface area contributed by atoms with E-state index in [1.807, 2.05) is 0 Å². The van der Waals surface area contributed by atoms with Crippen molar-refractivity contribution in [3.8, 4) is 0 Å². The molecule has 3 unspecified atom stereocenters. The van der Waals surface area contributed by atoms with Crippen LogP contribution in [-0.4, -0.2) is 29.6 Å². The van der Waals surface area contributed by atoms with E-state index in [1.165, 1.54) is 19.3 Å². The monoisotopic (exact) mass is 250 g/mol. The number of hydrogen-bond donors (Lipinski definition) is 2. The molecule has 2 rings (SSSR count). The second-order valence-electron chi connectivity index (χ2n) is 4.17. The van der Waals surface area contributed by atoms with Gasteiger partial charge in [0.15, 0.2) is 0 Å². The lowest BCUT2D eigenvalue weighted by Crippen LogP contribution is -2.43. The second kappa shape index (κ2) is 5.97. The van der Waals surface area contributed by atoms with E-state index in [4.69, 9.17) is 0 Å². The lowest BCUT2D eigenvalue weighted by molar-refractivity contribution is -0.122. The van der Waals surface area contributed by atoms with Crippen molar-refractivity contribution in [2.45, 2.75) is 38.3 Å². The Morgan fingerprint density at radius 3 is 3.00 bits per heavy atom. The molecule has 2 N–H and O–H groups in total. The zero-order valence-corrected chi connectivity index (χ0v) is 10.6. The van der Waals surface area contributed by atoms with Gasteiger partial charge in [-0.3, -0.25) is 10.1 Å². The second-order valence-corrected chi connectivity index (χ2v) is 5.20. The zero-order valence-electron chi connectivity index (χ0n) is 8.99. The first kappa shape index (κ1) is 13.1. The standard InChI is InChI=1S/C10H18N2OS.ClH/c1-2-3-7-4-8(7)12-10(13)9-5-14-6-11-9;/h7-9,11H,2-6H2,1H3,(H,12,13);1H. The fraction of sp³-hybridized carbons (Fsp3) is 0.900. The van der Waals surface area contributed by atoms with Crippen molar-refractivity contribution in [2.75, 3.05) is 11.6 Å². The largest absolute Gasteiger partial charge is 0.352 e. The zero-order chi connectivity index (χ0) is 9.97. The van der Waals surface area contributed by atoms with E-state index in [-0.39, 0.29) is 24.4 Å². The van der Waals surface area contributed by atoms with E-state index in [2.05, 4.69) is 17.6 Å². The van der Waals surface area contributed by atoms with E-state index in [0.29, 0.717) is 6.04 Å². The van der Waals surface area contributed by atoms with Crippen molar-refractivity contribution >= 4 is 30.1 Å². The van der Waals surface area contributed by atoms with E-state index < -0.39 is 0 Å². The minimum absolute atomic E-state index is 0. The summed E-state index contributed by atoms with van der Waals surface area (Å²) in [7, 11) is 0. The van der Waals surface area contributed by atoms with Crippen LogP contribution in [0.25, 0.3) is 0 Å². The molecular formula is C10H19ClN2OS. The third kappa shape index (κ3) is 3.54. The van der Waals surface area contributed by atoms with E-state index in [0.717, 1.165) is 17.5 Å². The van der Waals surface area contributed by atoms with Crippen LogP contribution in [-0.2, 0) is 4.79 Å². The molecule has 5 heteroatoms. The molecule has 0 spiro atoms. The Labute approximate surface area is 102 Å². The highest BCUT2D eigenvalue weighted by Crippen LogP contribution is 2.34. The molecule has 0 bridgehead atoms. The lowest BCUT2D eigenvalue weighted by atomic mass is 10.2. The summed E-state index contributed by atoms with van der Waals surface area (Å²) in [5.41, 5.74) is 0. The van der Waals surface area contributed by atoms with Crippen molar-refractivity contribution in [1.29, 1.82) is 0 Å². The van der Waals surface area contributed by atoms with Gasteiger partial charge >= 0.3 is 0 Å². The molecule has 1 aliphatic heterocycles. The van der Waals surface area contributed by atoms with Crippen LogP contribution in [0.15, 0.2) is 0 Å². The predicted molar refractivity (Wildman–Crippen MR) is 66.4 cm³/mol. The highest BCUT2D eigenvalue weighted by Gasteiger charge is 2.38. The summed E-state index contributed by atoms with van der Waals surface area (Å²) in [4.78, 5) is 11.7. The molecule has 2 aliphatic rings. The molecule has 3 nitrogen and oxygen atoms in total. The van der Waals surface area contributed by atoms with Gasteiger partial charge in [0.1, 0.15) is 0 Å². The Balaban J connectivity index is 0.00000112. The molecule has 2 fully saturated rings. The number of carbonyl (C=O) groups excluding carboxylic acids is 1. The third-order valence-corrected chi connectivity index (χ3v) is 3.88. The minimum atomic E-state index is 0. The first-order valence-electron chi connectivity index (χ1n) is 5.42. The van der Waals surface area contributed by atoms with Crippen molar-refractivity contribution in [2.24, 2.45) is 5.92 Å². The molecular weight excluding hydrogens is 232 g/mol. The summed E-state index contributed by atoms with van der Waals surface area (Å²) in [6.45, 7) is 2.20. The molecule has 15 heavy (non-hydrogen) atoms. The van der Waals surface area contributed by atoms with Crippen LogP contribution < -0.4 is 10.6 Å². The molecule has 3 atom stereocenters. The van der Waals surface area contributed by atoms with Gasteiger partial charge in [-0.1, -0.05) is 13.3 Å². The van der Waals surface area contributed by atoms with Crippen LogP contribution in [0.2, 0.25) is 0 Å². The van der Waals surface area contributed by atoms with E-state index in [9.17, 15) is 4.79 Å². The summed E-state index contributed by atoms with van der Waals surface area (Å²) >= 11 is 1.80. The highest BCUT2D eigenvalue weighted by molar-refractivity contribution is 7.99. The summed E-state index contributed by atoms with van der Waals surface area (Å²) < 4.78 is 0. The number of carbonyl (C=O) groups is 1. The van der Waals surface area contributed by atoms with Crippen LogP contribution in [0.1, 0.15) is 26.2 Å². The van der Waals surface area contributed by atoms with Gasteiger partial charge in [0, 0.05) is 17.7 Å². The molecule has 0 radical (unpaired) electrons. The first-order chi connectivity index (χ1) is 6.81. The Hall–Kier alpha value is 0.0700. The SMILES string of the molecule is CCCC1CC1NC(=O)C1CSCN1.Cl. The van der Waals surface area contributed by atoms with Crippen LogP contribution in [0.3, 0.4) is 0 Å². The summed E-state index contributed by atoms with van der Waals surface area (Å²) in [6, 6.07) is 0.540. The Morgan fingerprint density at radius 2 is 2.40 bits per heavy atom. The number of amides is 1. The summed E-state index contributed by atoms with van der Waals surface area (Å²) in [5, 5.41) is 6.30. The molecule has 88 valence electrons. The molecule has 0 aromatic rings. The van der Waals surface area contributed by atoms with Gasteiger partial charge in [0.25, 0.3) is 0 Å². The Kier molecular flexibility index (Phi) is 5.23. The van der Waals surface area contributed by atoms with Gasteiger partial charge in [-0.05, 0) is 18.8 Å². The van der Waals surface area contributed by atoms with Crippen molar-refractivity contribution in [1.82, 2.24) is 10.6 Å². The molecule has 1 amide bonds. The number of thioether (sulfide) groups is 1. The molecule has 0 aromatic carbocycles. The van der Waals surface area contributed by atoms with Gasteiger partial charge in [0.05, 0.1) is 6.04 Å². The average molecular weight is 251 g/mol. The van der Waals surface area contributed by atoms with Gasteiger partial charge in [0.2, 0.25) is 5.91 Å². The van der Waals surface area contributed by atoms with Crippen LogP contribution >= 0.6 is 24.2 Å². The molecule has 0 aromatic heterocycles. The maximum absolute atomic E-state index is 11.7. The van der Waals surface area contributed by atoms with E-state index in [1.54, 1.807) is 11.8 Å². The Bertz CT molecular complexity index is 221. The molecule has 1 heterocycles. The number of rotatable bonds is 4. The topological polar surface area (TPSA) is 41.1 Å². The minimum Gasteiger partial charge on any atom is -0.352 e. The lowest BCUT2D eigenvalue weighted by Gasteiger charge is -2.09. The molecule has 1 saturated carbocycles. The normalized spacial score (nSPS) is 33.3. The summed E-state index contributed by atoms with van der Waals surface area (Å²) in [5.74, 6) is 2.81. The fourth-order valence-electron chi connectivity index (χ4n) is 1.96.